The van der Waals surface area contributed by atoms with E-state index in [-0.39, 0.29) is 11.9 Å². The van der Waals surface area contributed by atoms with Gasteiger partial charge in [0, 0.05) is 33.6 Å². The van der Waals surface area contributed by atoms with Gasteiger partial charge in [0.15, 0.2) is 0 Å². The van der Waals surface area contributed by atoms with Crippen molar-refractivity contribution in [2.45, 2.75) is 41.6 Å². The Bertz CT molecular complexity index is 771. The Balaban J connectivity index is 1.40. The second-order valence-corrected chi connectivity index (χ2v) is 8.59. The zero-order valence-corrected chi connectivity index (χ0v) is 16.3. The van der Waals surface area contributed by atoms with E-state index >= 15 is 0 Å². The molecule has 0 spiro atoms. The molecule has 1 aromatic heterocycles. The van der Waals surface area contributed by atoms with Crippen LogP contribution < -0.4 is 5.32 Å². The molecule has 3 saturated heterocycles. The van der Waals surface area contributed by atoms with Crippen LogP contribution in [0.2, 0.25) is 5.15 Å². The van der Waals surface area contributed by atoms with Crippen molar-refractivity contribution in [1.29, 1.82) is 0 Å². The molecule has 3 fully saturated rings. The molecule has 3 aliphatic heterocycles. The minimum absolute atomic E-state index is 0.0281. The molecule has 3 aliphatic rings. The Morgan fingerprint density at radius 1 is 1.15 bits per heavy atom. The first-order chi connectivity index (χ1) is 12.6. The van der Waals surface area contributed by atoms with E-state index in [1.165, 1.54) is 25.9 Å². The smallest absolute Gasteiger partial charge is 0.251 e. The van der Waals surface area contributed by atoms with Gasteiger partial charge in [0.05, 0.1) is 0 Å². The van der Waals surface area contributed by atoms with Crippen molar-refractivity contribution >= 4 is 29.3 Å². The quantitative estimate of drug-likeness (QED) is 0.802. The van der Waals surface area contributed by atoms with Gasteiger partial charge in [0.25, 0.3) is 5.91 Å². The van der Waals surface area contributed by atoms with Gasteiger partial charge >= 0.3 is 0 Å². The van der Waals surface area contributed by atoms with Gasteiger partial charge in [-0.05, 0) is 75.2 Å². The monoisotopic (exact) mass is 387 g/mol. The van der Waals surface area contributed by atoms with Crippen molar-refractivity contribution in [3.05, 3.63) is 53.3 Å². The van der Waals surface area contributed by atoms with Gasteiger partial charge in [0.1, 0.15) is 5.15 Å². The van der Waals surface area contributed by atoms with Gasteiger partial charge in [-0.25, -0.2) is 4.98 Å². The molecule has 1 aromatic carbocycles. The number of nitrogens with zero attached hydrogens (tertiary/aromatic N) is 2. The maximum Gasteiger partial charge on any atom is 0.251 e. The van der Waals surface area contributed by atoms with E-state index in [2.05, 4.69) is 22.1 Å². The fourth-order valence-electron chi connectivity index (χ4n) is 4.01. The fourth-order valence-corrected chi connectivity index (χ4v) is 4.91. The van der Waals surface area contributed by atoms with Crippen LogP contribution >= 0.6 is 23.4 Å². The van der Waals surface area contributed by atoms with Crippen LogP contribution in [0.1, 0.15) is 30.1 Å². The average molecular weight is 388 g/mol. The number of amides is 1. The third kappa shape index (κ3) is 3.75. The number of hydrogen-bond donors (Lipinski definition) is 1. The Morgan fingerprint density at radius 3 is 2.46 bits per heavy atom. The Morgan fingerprint density at radius 2 is 1.85 bits per heavy atom. The zero-order valence-electron chi connectivity index (χ0n) is 14.7. The van der Waals surface area contributed by atoms with E-state index in [9.17, 15) is 4.79 Å². The Kier molecular flexibility index (Phi) is 5.20. The van der Waals surface area contributed by atoms with Crippen LogP contribution in [0, 0.1) is 5.92 Å². The van der Waals surface area contributed by atoms with E-state index in [0.717, 1.165) is 9.79 Å². The molecule has 0 saturated carbocycles. The van der Waals surface area contributed by atoms with Crippen LogP contribution in [0.25, 0.3) is 0 Å². The van der Waals surface area contributed by atoms with Gasteiger partial charge in [-0.15, -0.1) is 0 Å². The maximum absolute atomic E-state index is 12.7. The van der Waals surface area contributed by atoms with Crippen molar-refractivity contribution in [3.63, 3.8) is 0 Å². The number of benzene rings is 1. The molecule has 2 atom stereocenters. The molecule has 2 unspecified atom stereocenters. The van der Waals surface area contributed by atoms with E-state index in [4.69, 9.17) is 11.6 Å². The summed E-state index contributed by atoms with van der Waals surface area (Å²) in [5.41, 5.74) is 0.715. The lowest BCUT2D eigenvalue weighted by molar-refractivity contribution is 0.0217. The molecule has 5 rings (SSSR count). The molecule has 4 nitrogen and oxygen atoms in total. The van der Waals surface area contributed by atoms with Crippen molar-refractivity contribution in [2.75, 3.05) is 13.1 Å². The summed E-state index contributed by atoms with van der Waals surface area (Å²) in [6.07, 6.45) is 4.14. The molecule has 1 amide bonds. The summed E-state index contributed by atoms with van der Waals surface area (Å²) in [5, 5.41) is 3.77. The van der Waals surface area contributed by atoms with Crippen molar-refractivity contribution in [2.24, 2.45) is 5.92 Å². The number of pyridine rings is 1. The highest BCUT2D eigenvalue weighted by molar-refractivity contribution is 7.99. The molecule has 0 radical (unpaired) electrons. The number of aromatic nitrogens is 1. The van der Waals surface area contributed by atoms with Gasteiger partial charge in [-0.3, -0.25) is 9.69 Å². The van der Waals surface area contributed by atoms with E-state index < -0.39 is 0 Å². The minimum atomic E-state index is 0.0281. The molecule has 26 heavy (non-hydrogen) atoms. The molecule has 4 heterocycles. The molecular formula is C20H22ClN3OS. The zero-order chi connectivity index (χ0) is 18.1. The fraction of sp³-hybridized carbons (Fsp3) is 0.400. The van der Waals surface area contributed by atoms with Gasteiger partial charge in [-0.2, -0.15) is 0 Å². The van der Waals surface area contributed by atoms with Crippen LogP contribution in [-0.4, -0.2) is 41.0 Å². The Hall–Kier alpha value is -1.56. The Labute approximate surface area is 163 Å². The summed E-state index contributed by atoms with van der Waals surface area (Å²) in [6, 6.07) is 12.2. The number of carbonyl (C=O) groups is 1. The highest BCUT2D eigenvalue weighted by atomic mass is 35.5. The lowest BCUT2D eigenvalue weighted by atomic mass is 9.79. The topological polar surface area (TPSA) is 45.2 Å². The minimum Gasteiger partial charge on any atom is -0.347 e. The van der Waals surface area contributed by atoms with Gasteiger partial charge in [0.2, 0.25) is 0 Å². The number of hydrogen-bond acceptors (Lipinski definition) is 4. The van der Waals surface area contributed by atoms with Crippen LogP contribution in [0.15, 0.2) is 52.4 Å². The van der Waals surface area contributed by atoms with Crippen molar-refractivity contribution < 1.29 is 4.79 Å². The number of halogens is 1. The van der Waals surface area contributed by atoms with E-state index in [1.807, 2.05) is 30.3 Å². The summed E-state index contributed by atoms with van der Waals surface area (Å²) in [5.74, 6) is 0.645. The predicted octanol–water partition coefficient (Wildman–Crippen LogP) is 4.10. The highest BCUT2D eigenvalue weighted by Gasteiger charge is 2.40. The summed E-state index contributed by atoms with van der Waals surface area (Å²) in [6.45, 7) is 4.57. The van der Waals surface area contributed by atoms with Crippen LogP contribution in [0.5, 0.6) is 0 Å². The average Bonchev–Trinajstić information content (AvgIpc) is 2.67. The molecule has 6 heteroatoms. The third-order valence-electron chi connectivity index (χ3n) is 5.53. The number of piperidine rings is 3. The molecule has 0 aliphatic carbocycles. The number of carbonyl (C=O) groups excluding carboxylic acids is 1. The van der Waals surface area contributed by atoms with Gasteiger partial charge < -0.3 is 5.32 Å². The summed E-state index contributed by atoms with van der Waals surface area (Å²) in [7, 11) is 0. The molecular weight excluding hydrogens is 366 g/mol. The third-order valence-corrected chi connectivity index (χ3v) is 6.74. The van der Waals surface area contributed by atoms with E-state index in [0.29, 0.717) is 22.7 Å². The van der Waals surface area contributed by atoms with Gasteiger partial charge in [-0.1, -0.05) is 23.4 Å². The van der Waals surface area contributed by atoms with Crippen molar-refractivity contribution in [3.8, 4) is 0 Å². The number of nitrogens with one attached hydrogen (secondary N) is 1. The summed E-state index contributed by atoms with van der Waals surface area (Å²) >= 11 is 7.42. The number of fused-ring (bicyclic) bond motifs is 3. The predicted molar refractivity (Wildman–Crippen MR) is 105 cm³/mol. The van der Waals surface area contributed by atoms with Crippen LogP contribution in [0.3, 0.4) is 0 Å². The van der Waals surface area contributed by atoms with Crippen molar-refractivity contribution in [1.82, 2.24) is 15.2 Å². The molecule has 1 N–H and O–H groups in total. The highest BCUT2D eigenvalue weighted by Crippen LogP contribution is 2.32. The maximum atomic E-state index is 12.7. The lowest BCUT2D eigenvalue weighted by Gasteiger charge is -2.49. The largest absolute Gasteiger partial charge is 0.347 e. The normalized spacial score (nSPS) is 27.3. The van der Waals surface area contributed by atoms with Crippen LogP contribution in [0.4, 0.5) is 0 Å². The summed E-state index contributed by atoms with van der Waals surface area (Å²) < 4.78 is 0. The summed E-state index contributed by atoms with van der Waals surface area (Å²) in [4.78, 5) is 21.4. The SMILES string of the molecule is CC1C(NC(=O)c2ccc(Sc3ccc(Cl)nc3)cc2)C2CCN1CC2. The second-order valence-electron chi connectivity index (χ2n) is 7.06. The first kappa shape index (κ1) is 17.8. The van der Waals surface area contributed by atoms with E-state index in [1.54, 1.807) is 24.0 Å². The second kappa shape index (κ2) is 7.59. The molecule has 2 aromatic rings. The first-order valence-corrected chi connectivity index (χ1v) is 10.2. The lowest BCUT2D eigenvalue weighted by Crippen LogP contribution is -2.62. The number of rotatable bonds is 4. The molecule has 136 valence electrons. The molecule has 2 bridgehead atoms. The first-order valence-electron chi connectivity index (χ1n) is 9.04. The standard InChI is InChI=1S/C20H22ClN3OS/c1-13-19(14-8-10-24(13)11-9-14)23-20(25)15-2-4-16(5-3-15)26-17-6-7-18(21)22-12-17/h2-7,12-14,19H,8-11H2,1H3,(H,23,25). The van der Waals surface area contributed by atoms with Crippen LogP contribution in [-0.2, 0) is 0 Å².